The highest BCUT2D eigenvalue weighted by Gasteiger charge is 2.43. The standard InChI is InChI=1S/C13H22N4O2/c1-13(5-3-4-10(13)14)12-15-11(16-19-12)9-8-17(2)6-7-18-9/h9-10H,3-8,14H2,1-2H3. The minimum Gasteiger partial charge on any atom is -0.367 e. The topological polar surface area (TPSA) is 77.4 Å². The highest BCUT2D eigenvalue weighted by Crippen LogP contribution is 2.39. The summed E-state index contributed by atoms with van der Waals surface area (Å²) in [6.07, 6.45) is 3.08. The number of likely N-dealkylation sites (N-methyl/N-ethyl adjacent to an activating group) is 1. The van der Waals surface area contributed by atoms with E-state index in [1.807, 2.05) is 0 Å². The molecular weight excluding hydrogens is 244 g/mol. The number of hydrogen-bond acceptors (Lipinski definition) is 6. The van der Waals surface area contributed by atoms with E-state index in [9.17, 15) is 0 Å². The van der Waals surface area contributed by atoms with E-state index in [1.165, 1.54) is 0 Å². The van der Waals surface area contributed by atoms with Gasteiger partial charge in [0.25, 0.3) is 0 Å². The highest BCUT2D eigenvalue weighted by atomic mass is 16.5. The van der Waals surface area contributed by atoms with Crippen molar-refractivity contribution in [2.75, 3.05) is 26.7 Å². The Morgan fingerprint density at radius 3 is 3.00 bits per heavy atom. The number of ether oxygens (including phenoxy) is 1. The molecule has 106 valence electrons. The predicted molar refractivity (Wildman–Crippen MR) is 69.7 cm³/mol. The average molecular weight is 266 g/mol. The summed E-state index contributed by atoms with van der Waals surface area (Å²) in [6.45, 7) is 4.59. The molecule has 0 bridgehead atoms. The van der Waals surface area contributed by atoms with Crippen molar-refractivity contribution in [2.45, 2.75) is 43.7 Å². The summed E-state index contributed by atoms with van der Waals surface area (Å²) in [5, 5.41) is 4.11. The Hall–Kier alpha value is -0.980. The SMILES string of the molecule is CN1CCOC(c2noc(C3(C)CCCC3N)n2)C1. The first-order valence-corrected chi connectivity index (χ1v) is 6.99. The molecule has 1 aromatic rings. The Kier molecular flexibility index (Phi) is 3.32. The van der Waals surface area contributed by atoms with Crippen molar-refractivity contribution < 1.29 is 9.26 Å². The number of rotatable bonds is 2. The van der Waals surface area contributed by atoms with E-state index in [-0.39, 0.29) is 17.6 Å². The van der Waals surface area contributed by atoms with E-state index in [2.05, 4.69) is 29.0 Å². The zero-order chi connectivity index (χ0) is 13.5. The maximum atomic E-state index is 6.19. The number of hydrogen-bond donors (Lipinski definition) is 1. The fraction of sp³-hybridized carbons (Fsp3) is 0.846. The summed E-state index contributed by atoms with van der Waals surface area (Å²) >= 11 is 0. The van der Waals surface area contributed by atoms with Crippen LogP contribution >= 0.6 is 0 Å². The number of nitrogens with zero attached hydrogens (tertiary/aromatic N) is 3. The largest absolute Gasteiger partial charge is 0.367 e. The van der Waals surface area contributed by atoms with Crippen molar-refractivity contribution in [1.29, 1.82) is 0 Å². The molecule has 0 radical (unpaired) electrons. The number of nitrogens with two attached hydrogens (primary N) is 1. The molecule has 2 N–H and O–H groups in total. The van der Waals surface area contributed by atoms with E-state index in [1.54, 1.807) is 0 Å². The molecule has 1 saturated heterocycles. The molecule has 0 spiro atoms. The second-order valence-corrected chi connectivity index (χ2v) is 6.00. The smallest absolute Gasteiger partial charge is 0.234 e. The Labute approximate surface area is 113 Å². The molecule has 2 aliphatic rings. The van der Waals surface area contributed by atoms with Crippen LogP contribution in [0, 0.1) is 0 Å². The first-order valence-electron chi connectivity index (χ1n) is 6.99. The first-order chi connectivity index (χ1) is 9.09. The summed E-state index contributed by atoms with van der Waals surface area (Å²) in [7, 11) is 2.07. The van der Waals surface area contributed by atoms with Gasteiger partial charge in [-0.3, -0.25) is 0 Å². The third-order valence-electron chi connectivity index (χ3n) is 4.52. The Morgan fingerprint density at radius 1 is 1.47 bits per heavy atom. The van der Waals surface area contributed by atoms with Gasteiger partial charge in [-0.05, 0) is 26.8 Å². The normalized spacial score (nSPS) is 36.8. The quantitative estimate of drug-likeness (QED) is 0.854. The lowest BCUT2D eigenvalue weighted by Crippen LogP contribution is -2.38. The van der Waals surface area contributed by atoms with E-state index in [0.717, 1.165) is 32.4 Å². The van der Waals surface area contributed by atoms with Gasteiger partial charge >= 0.3 is 0 Å². The van der Waals surface area contributed by atoms with Crippen LogP contribution in [-0.4, -0.2) is 47.8 Å². The van der Waals surface area contributed by atoms with Crippen LogP contribution in [0.5, 0.6) is 0 Å². The number of morpholine rings is 1. The predicted octanol–water partition coefficient (Wildman–Crippen LogP) is 0.842. The van der Waals surface area contributed by atoms with Crippen LogP contribution in [0.2, 0.25) is 0 Å². The summed E-state index contributed by atoms with van der Waals surface area (Å²) in [6, 6.07) is 0.107. The molecule has 3 rings (SSSR count). The summed E-state index contributed by atoms with van der Waals surface area (Å²) in [5.41, 5.74) is 6.01. The second kappa shape index (κ2) is 4.85. The van der Waals surface area contributed by atoms with Gasteiger partial charge in [-0.25, -0.2) is 0 Å². The number of aromatic nitrogens is 2. The second-order valence-electron chi connectivity index (χ2n) is 6.00. The zero-order valence-corrected chi connectivity index (χ0v) is 11.6. The molecule has 1 saturated carbocycles. The van der Waals surface area contributed by atoms with Crippen molar-refractivity contribution in [1.82, 2.24) is 15.0 Å². The van der Waals surface area contributed by atoms with Gasteiger partial charge in [0.2, 0.25) is 11.7 Å². The maximum Gasteiger partial charge on any atom is 0.234 e. The van der Waals surface area contributed by atoms with E-state index >= 15 is 0 Å². The monoisotopic (exact) mass is 266 g/mol. The van der Waals surface area contributed by atoms with Crippen LogP contribution < -0.4 is 5.73 Å². The average Bonchev–Trinajstić information content (AvgIpc) is 2.99. The van der Waals surface area contributed by atoms with E-state index in [4.69, 9.17) is 15.0 Å². The van der Waals surface area contributed by atoms with Crippen LogP contribution in [-0.2, 0) is 10.2 Å². The fourth-order valence-corrected chi connectivity index (χ4v) is 2.99. The summed E-state index contributed by atoms with van der Waals surface area (Å²) in [5.74, 6) is 1.33. The molecular formula is C13H22N4O2. The van der Waals surface area contributed by atoms with Gasteiger partial charge in [0, 0.05) is 19.1 Å². The molecule has 6 nitrogen and oxygen atoms in total. The third-order valence-corrected chi connectivity index (χ3v) is 4.52. The van der Waals surface area contributed by atoms with Crippen LogP contribution in [0.3, 0.4) is 0 Å². The molecule has 0 aromatic carbocycles. The molecule has 2 fully saturated rings. The molecule has 1 aromatic heterocycles. The Balaban J connectivity index is 1.79. The Morgan fingerprint density at radius 2 is 2.32 bits per heavy atom. The molecule has 3 unspecified atom stereocenters. The first kappa shape index (κ1) is 13.0. The molecule has 19 heavy (non-hydrogen) atoms. The van der Waals surface area contributed by atoms with E-state index in [0.29, 0.717) is 18.3 Å². The van der Waals surface area contributed by atoms with Gasteiger partial charge in [0.1, 0.15) is 6.10 Å². The molecule has 1 aliphatic carbocycles. The van der Waals surface area contributed by atoms with Crippen molar-refractivity contribution >= 4 is 0 Å². The van der Waals surface area contributed by atoms with Gasteiger partial charge < -0.3 is 19.9 Å². The minimum absolute atomic E-state index is 0.0857. The van der Waals surface area contributed by atoms with Gasteiger partial charge in [0.15, 0.2) is 0 Å². The van der Waals surface area contributed by atoms with Crippen LogP contribution in [0.25, 0.3) is 0 Å². The Bertz CT molecular complexity index is 450. The summed E-state index contributed by atoms with van der Waals surface area (Å²) in [4.78, 5) is 6.78. The zero-order valence-electron chi connectivity index (χ0n) is 11.6. The van der Waals surface area contributed by atoms with Gasteiger partial charge in [0.05, 0.1) is 12.0 Å². The van der Waals surface area contributed by atoms with Crippen molar-refractivity contribution in [3.8, 4) is 0 Å². The third kappa shape index (κ3) is 2.28. The fourth-order valence-electron chi connectivity index (χ4n) is 2.99. The maximum absolute atomic E-state index is 6.19. The van der Waals surface area contributed by atoms with Crippen LogP contribution in [0.4, 0.5) is 0 Å². The molecule has 0 amide bonds. The van der Waals surface area contributed by atoms with Crippen molar-refractivity contribution in [2.24, 2.45) is 5.73 Å². The van der Waals surface area contributed by atoms with Gasteiger partial charge in [-0.15, -0.1) is 0 Å². The lowest BCUT2D eigenvalue weighted by molar-refractivity contribution is -0.0264. The highest BCUT2D eigenvalue weighted by molar-refractivity contribution is 5.12. The van der Waals surface area contributed by atoms with Crippen LogP contribution in [0.1, 0.15) is 44.0 Å². The van der Waals surface area contributed by atoms with Gasteiger partial charge in [-0.2, -0.15) is 4.98 Å². The van der Waals surface area contributed by atoms with Crippen molar-refractivity contribution in [3.05, 3.63) is 11.7 Å². The van der Waals surface area contributed by atoms with Crippen molar-refractivity contribution in [3.63, 3.8) is 0 Å². The molecule has 6 heteroatoms. The molecule has 1 aliphatic heterocycles. The minimum atomic E-state index is -0.175. The van der Waals surface area contributed by atoms with Gasteiger partial charge in [-0.1, -0.05) is 11.6 Å². The lowest BCUT2D eigenvalue weighted by atomic mass is 9.85. The lowest BCUT2D eigenvalue weighted by Gasteiger charge is -2.28. The molecule has 3 atom stereocenters. The summed E-state index contributed by atoms with van der Waals surface area (Å²) < 4.78 is 11.2. The van der Waals surface area contributed by atoms with E-state index < -0.39 is 0 Å². The van der Waals surface area contributed by atoms with Crippen LogP contribution in [0.15, 0.2) is 4.52 Å². The molecule has 2 heterocycles.